The van der Waals surface area contributed by atoms with Gasteiger partial charge in [0.05, 0.1) is 44.4 Å². The molecular weight excluding hydrogens is 462 g/mol. The predicted octanol–water partition coefficient (Wildman–Crippen LogP) is -0.839. The summed E-state index contributed by atoms with van der Waals surface area (Å²) in [6.45, 7) is -0.00355. The molecule has 0 aromatic carbocycles. The highest BCUT2D eigenvalue weighted by molar-refractivity contribution is 5.70. The lowest BCUT2D eigenvalue weighted by Crippen LogP contribution is -2.16. The molecule has 15 heteroatoms. The van der Waals surface area contributed by atoms with E-state index >= 15 is 0 Å². The number of rotatable bonds is 4. The van der Waals surface area contributed by atoms with Crippen LogP contribution in [0, 0.1) is 0 Å². The number of ether oxygens (including phenoxy) is 2. The van der Waals surface area contributed by atoms with E-state index in [1.54, 1.807) is 15.5 Å². The summed E-state index contributed by atoms with van der Waals surface area (Å²) in [7, 11) is 0. The largest absolute Gasteiger partial charge is 0.394 e. The number of hydrogen-bond donors (Lipinski definition) is 5. The van der Waals surface area contributed by atoms with Gasteiger partial charge in [0.1, 0.15) is 12.5 Å². The first-order chi connectivity index (χ1) is 17.0. The summed E-state index contributed by atoms with van der Waals surface area (Å²) in [6.07, 6.45) is 6.72. The molecule has 0 saturated carbocycles. The summed E-state index contributed by atoms with van der Waals surface area (Å²) in [4.78, 5) is 44.2. The average Bonchev–Trinajstić information content (AvgIpc) is 3.64. The Hall–Kier alpha value is -3.66. The Morgan fingerprint density at radius 2 is 1.46 bits per heavy atom. The summed E-state index contributed by atoms with van der Waals surface area (Å²) >= 11 is 0. The number of nitrogen functional groups attached to an aromatic ring is 1. The summed E-state index contributed by atoms with van der Waals surface area (Å²) in [5, 5.41) is 18.1. The molecule has 4 atom stereocenters. The molecule has 0 bridgehead atoms. The van der Waals surface area contributed by atoms with Crippen LogP contribution in [0.5, 0.6) is 0 Å². The third-order valence-electron chi connectivity index (χ3n) is 6.01. The monoisotopic (exact) mass is 487 g/mol. The van der Waals surface area contributed by atoms with Gasteiger partial charge < -0.3 is 30.4 Å². The van der Waals surface area contributed by atoms with Gasteiger partial charge in [-0.2, -0.15) is 4.98 Å². The number of fused-ring (bicyclic) bond motifs is 2. The fourth-order valence-corrected chi connectivity index (χ4v) is 4.28. The van der Waals surface area contributed by atoms with Crippen LogP contribution in [-0.4, -0.2) is 74.7 Å². The number of H-pyrrole nitrogens is 2. The number of imidazole rings is 2. The van der Waals surface area contributed by atoms with Gasteiger partial charge in [-0.25, -0.2) is 15.0 Å². The first kappa shape index (κ1) is 23.1. The molecule has 0 amide bonds. The average molecular weight is 487 g/mol. The molecule has 6 heterocycles. The molecule has 0 radical (unpaired) electrons. The molecule has 2 aliphatic heterocycles. The van der Waals surface area contributed by atoms with E-state index in [0.717, 1.165) is 25.7 Å². The van der Waals surface area contributed by atoms with Gasteiger partial charge in [-0.05, 0) is 25.7 Å². The lowest BCUT2D eigenvalue weighted by Gasteiger charge is -2.13. The quantitative estimate of drug-likeness (QED) is 0.239. The van der Waals surface area contributed by atoms with Gasteiger partial charge in [-0.3, -0.25) is 23.7 Å². The Morgan fingerprint density at radius 3 is 2.03 bits per heavy atom. The predicted molar refractivity (Wildman–Crippen MR) is 121 cm³/mol. The number of aliphatic hydroxyl groups is 2. The van der Waals surface area contributed by atoms with Crippen LogP contribution < -0.4 is 16.9 Å². The number of hydrogen-bond acceptors (Lipinski definition) is 11. The smallest absolute Gasteiger partial charge is 0.280 e. The molecule has 2 aliphatic rings. The Balaban J connectivity index is 0.000000145. The molecule has 0 aliphatic carbocycles. The molecule has 6 rings (SSSR count). The minimum Gasteiger partial charge on any atom is -0.394 e. The maximum atomic E-state index is 11.6. The van der Waals surface area contributed by atoms with Gasteiger partial charge in [0.25, 0.3) is 11.1 Å². The van der Waals surface area contributed by atoms with Crippen LogP contribution in [0.1, 0.15) is 38.1 Å². The fraction of sp³-hybridized carbons (Fsp3) is 0.500. The first-order valence-corrected chi connectivity index (χ1v) is 11.1. The second-order valence-corrected chi connectivity index (χ2v) is 8.28. The minimum atomic E-state index is -0.368. The molecule has 35 heavy (non-hydrogen) atoms. The molecule has 2 fully saturated rings. The van der Waals surface area contributed by atoms with E-state index in [-0.39, 0.29) is 60.5 Å². The van der Waals surface area contributed by atoms with Crippen LogP contribution >= 0.6 is 0 Å². The van der Waals surface area contributed by atoms with Gasteiger partial charge >= 0.3 is 0 Å². The molecule has 2 saturated heterocycles. The van der Waals surface area contributed by atoms with E-state index in [1.165, 1.54) is 12.7 Å². The van der Waals surface area contributed by atoms with Gasteiger partial charge in [-0.1, -0.05) is 0 Å². The summed E-state index contributed by atoms with van der Waals surface area (Å²) in [5.74, 6) is 0.0472. The zero-order valence-electron chi connectivity index (χ0n) is 18.6. The van der Waals surface area contributed by atoms with Crippen LogP contribution in [0.15, 0.2) is 28.6 Å². The number of aromatic nitrogens is 8. The van der Waals surface area contributed by atoms with Crippen molar-refractivity contribution < 1.29 is 19.7 Å². The van der Waals surface area contributed by atoms with Crippen molar-refractivity contribution in [3.8, 4) is 0 Å². The highest BCUT2D eigenvalue weighted by Gasteiger charge is 2.28. The number of anilines is 1. The Labute approximate surface area is 196 Å². The minimum absolute atomic E-state index is 0.0111. The van der Waals surface area contributed by atoms with Crippen molar-refractivity contribution in [2.45, 2.75) is 50.3 Å². The molecule has 0 spiro atoms. The third kappa shape index (κ3) is 4.41. The van der Waals surface area contributed by atoms with Crippen molar-refractivity contribution in [2.75, 3.05) is 18.9 Å². The first-order valence-electron chi connectivity index (χ1n) is 11.1. The van der Waals surface area contributed by atoms with Crippen LogP contribution in [0.25, 0.3) is 22.3 Å². The van der Waals surface area contributed by atoms with E-state index in [1.807, 2.05) is 0 Å². The second-order valence-electron chi connectivity index (χ2n) is 8.28. The van der Waals surface area contributed by atoms with E-state index in [2.05, 4.69) is 29.9 Å². The van der Waals surface area contributed by atoms with Gasteiger partial charge in [0.15, 0.2) is 22.3 Å². The van der Waals surface area contributed by atoms with E-state index in [9.17, 15) is 9.59 Å². The molecular formula is C20H25N9O6. The van der Waals surface area contributed by atoms with Crippen molar-refractivity contribution >= 4 is 28.3 Å². The highest BCUT2D eigenvalue weighted by atomic mass is 16.5. The lowest BCUT2D eigenvalue weighted by molar-refractivity contribution is -0.0207. The SMILES string of the molecule is Nc1nc2c(ncn2[C@H]2CC[C@@H](CO)O2)c(=O)[nH]1.O=c1[nH]cnc2c1ncn2[C@H]1CC[C@@H](CO)O1. The second kappa shape index (κ2) is 9.53. The Kier molecular flexibility index (Phi) is 6.29. The van der Waals surface area contributed by atoms with Crippen LogP contribution in [0.2, 0.25) is 0 Å². The van der Waals surface area contributed by atoms with Crippen molar-refractivity contribution in [2.24, 2.45) is 0 Å². The van der Waals surface area contributed by atoms with E-state index in [4.69, 9.17) is 25.4 Å². The van der Waals surface area contributed by atoms with Crippen LogP contribution in [-0.2, 0) is 9.47 Å². The van der Waals surface area contributed by atoms with Crippen LogP contribution in [0.4, 0.5) is 5.95 Å². The molecule has 4 aromatic rings. The number of aliphatic hydroxyl groups excluding tert-OH is 2. The maximum absolute atomic E-state index is 11.6. The molecule has 15 nitrogen and oxygen atoms in total. The van der Waals surface area contributed by atoms with Gasteiger partial charge in [-0.15, -0.1) is 0 Å². The van der Waals surface area contributed by atoms with Crippen molar-refractivity contribution in [1.82, 2.24) is 39.0 Å². The fourth-order valence-electron chi connectivity index (χ4n) is 4.28. The van der Waals surface area contributed by atoms with Gasteiger partial charge in [0.2, 0.25) is 5.95 Å². The highest BCUT2D eigenvalue weighted by Crippen LogP contribution is 2.30. The van der Waals surface area contributed by atoms with Crippen molar-refractivity contribution in [1.29, 1.82) is 0 Å². The van der Waals surface area contributed by atoms with E-state index in [0.29, 0.717) is 16.8 Å². The lowest BCUT2D eigenvalue weighted by atomic mass is 10.2. The molecule has 4 aromatic heterocycles. The standard InChI is InChI=1S/C10H13N5O3.C10H12N4O3/c11-10-13-8-7(9(17)14-10)12-4-15(8)6-2-1-5(3-16)18-6;15-3-6-1-2-7(17-6)14-5-13-8-9(14)11-4-12-10(8)16/h4-6,16H,1-3H2,(H3,11,13,14,17);4-7,15H,1-3H2,(H,11,12,16)/t5-,6+;6-,7+/m00/s1. The van der Waals surface area contributed by atoms with Crippen molar-refractivity contribution in [3.63, 3.8) is 0 Å². The number of nitrogens with zero attached hydrogens (tertiary/aromatic N) is 6. The summed E-state index contributed by atoms with van der Waals surface area (Å²) < 4.78 is 14.7. The normalized spacial score (nSPS) is 24.2. The molecule has 0 unspecified atom stereocenters. The number of nitrogens with two attached hydrogens (primary N) is 1. The molecule has 186 valence electrons. The summed E-state index contributed by atoms with van der Waals surface area (Å²) in [5.41, 5.74) is 6.35. The third-order valence-corrected chi connectivity index (χ3v) is 6.01. The number of aromatic amines is 2. The topological polar surface area (TPSA) is 212 Å². The molecule has 6 N–H and O–H groups in total. The zero-order valence-corrected chi connectivity index (χ0v) is 18.6. The van der Waals surface area contributed by atoms with Gasteiger partial charge in [0, 0.05) is 0 Å². The van der Waals surface area contributed by atoms with Crippen molar-refractivity contribution in [3.05, 3.63) is 39.7 Å². The Morgan fingerprint density at radius 1 is 0.886 bits per heavy atom. The summed E-state index contributed by atoms with van der Waals surface area (Å²) in [6, 6.07) is 0. The van der Waals surface area contributed by atoms with Crippen LogP contribution in [0.3, 0.4) is 0 Å². The van der Waals surface area contributed by atoms with E-state index < -0.39 is 0 Å². The Bertz CT molecular complexity index is 1440. The maximum Gasteiger partial charge on any atom is 0.280 e. The zero-order chi connectivity index (χ0) is 24.5. The number of nitrogens with one attached hydrogen (secondary N) is 2.